The van der Waals surface area contributed by atoms with Gasteiger partial charge in [-0.05, 0) is 67.1 Å². The SMILES string of the molecule is O=C1/C(=C\c2ccc(-c3ccc(Cl)c(Cl)c3)o2)SC(=Nc2cccnc2)N1C1CCCCC1. The van der Waals surface area contributed by atoms with Crippen molar-refractivity contribution in [1.82, 2.24) is 9.88 Å². The number of hydrogen-bond donors (Lipinski definition) is 0. The number of furan rings is 1. The molecule has 0 radical (unpaired) electrons. The van der Waals surface area contributed by atoms with Crippen molar-refractivity contribution in [2.45, 2.75) is 38.1 Å². The molecule has 1 amide bonds. The zero-order valence-corrected chi connectivity index (χ0v) is 20.0. The van der Waals surface area contributed by atoms with Gasteiger partial charge in [0.05, 0.1) is 26.8 Å². The Hall–Kier alpha value is -2.54. The molecule has 2 fully saturated rings. The predicted molar refractivity (Wildman–Crippen MR) is 135 cm³/mol. The van der Waals surface area contributed by atoms with Gasteiger partial charge in [-0.1, -0.05) is 42.5 Å². The van der Waals surface area contributed by atoms with E-state index in [9.17, 15) is 4.79 Å². The van der Waals surface area contributed by atoms with E-state index in [4.69, 9.17) is 32.6 Å². The lowest BCUT2D eigenvalue weighted by Gasteiger charge is -2.30. The molecular formula is C25H21Cl2N3O2S. The summed E-state index contributed by atoms with van der Waals surface area (Å²) in [6, 6.07) is 13.0. The molecule has 2 aromatic heterocycles. The van der Waals surface area contributed by atoms with E-state index in [2.05, 4.69) is 4.98 Å². The second-order valence-electron chi connectivity index (χ2n) is 8.01. The van der Waals surface area contributed by atoms with Crippen LogP contribution in [0.2, 0.25) is 10.0 Å². The molecule has 0 N–H and O–H groups in total. The largest absolute Gasteiger partial charge is 0.457 e. The van der Waals surface area contributed by atoms with E-state index in [0.29, 0.717) is 31.6 Å². The molecule has 1 aromatic carbocycles. The maximum atomic E-state index is 13.4. The number of aliphatic imine (C=N–C) groups is 1. The Morgan fingerprint density at radius 1 is 1.09 bits per heavy atom. The highest BCUT2D eigenvalue weighted by Gasteiger charge is 2.38. The van der Waals surface area contributed by atoms with E-state index in [-0.39, 0.29) is 11.9 Å². The molecule has 0 atom stereocenters. The van der Waals surface area contributed by atoms with Crippen molar-refractivity contribution in [1.29, 1.82) is 0 Å². The van der Waals surface area contributed by atoms with Crippen LogP contribution in [-0.4, -0.2) is 27.0 Å². The highest BCUT2D eigenvalue weighted by atomic mass is 35.5. The fraction of sp³-hybridized carbons (Fsp3) is 0.240. The number of rotatable bonds is 4. The molecule has 0 bridgehead atoms. The summed E-state index contributed by atoms with van der Waals surface area (Å²) in [6.45, 7) is 0. The van der Waals surface area contributed by atoms with Gasteiger partial charge in [-0.25, -0.2) is 4.99 Å². The molecule has 5 rings (SSSR count). The van der Waals surface area contributed by atoms with Gasteiger partial charge in [0.15, 0.2) is 5.17 Å². The molecule has 0 unspecified atom stereocenters. The average Bonchev–Trinajstić information content (AvgIpc) is 3.42. The molecule has 1 saturated carbocycles. The summed E-state index contributed by atoms with van der Waals surface area (Å²) < 4.78 is 6.00. The Labute approximate surface area is 206 Å². The van der Waals surface area contributed by atoms with E-state index in [1.54, 1.807) is 30.6 Å². The average molecular weight is 498 g/mol. The summed E-state index contributed by atoms with van der Waals surface area (Å²) in [4.78, 5) is 24.8. The van der Waals surface area contributed by atoms with Crippen molar-refractivity contribution in [2.24, 2.45) is 4.99 Å². The van der Waals surface area contributed by atoms with E-state index in [1.807, 2.05) is 35.2 Å². The third-order valence-corrected chi connectivity index (χ3v) is 7.47. The summed E-state index contributed by atoms with van der Waals surface area (Å²) in [7, 11) is 0. The maximum absolute atomic E-state index is 13.4. The number of thioether (sulfide) groups is 1. The molecule has 1 saturated heterocycles. The minimum Gasteiger partial charge on any atom is -0.457 e. The monoisotopic (exact) mass is 497 g/mol. The van der Waals surface area contributed by atoms with Crippen molar-refractivity contribution in [3.05, 3.63) is 75.6 Å². The third-order valence-electron chi connectivity index (χ3n) is 5.75. The predicted octanol–water partition coefficient (Wildman–Crippen LogP) is 7.59. The first-order valence-electron chi connectivity index (χ1n) is 10.9. The van der Waals surface area contributed by atoms with E-state index in [1.165, 1.54) is 18.2 Å². The number of hydrogen-bond acceptors (Lipinski definition) is 5. The van der Waals surface area contributed by atoms with Gasteiger partial charge in [-0.15, -0.1) is 0 Å². The smallest absolute Gasteiger partial charge is 0.267 e. The number of aromatic nitrogens is 1. The van der Waals surface area contributed by atoms with Gasteiger partial charge in [-0.3, -0.25) is 14.7 Å². The highest BCUT2D eigenvalue weighted by molar-refractivity contribution is 8.18. The number of nitrogens with zero attached hydrogens (tertiary/aromatic N) is 3. The summed E-state index contributed by atoms with van der Waals surface area (Å²) >= 11 is 13.5. The fourth-order valence-electron chi connectivity index (χ4n) is 4.12. The fourth-order valence-corrected chi connectivity index (χ4v) is 5.46. The van der Waals surface area contributed by atoms with Crippen molar-refractivity contribution < 1.29 is 9.21 Å². The first kappa shape index (κ1) is 22.3. The number of amides is 1. The quantitative estimate of drug-likeness (QED) is 0.348. The number of amidine groups is 1. The molecule has 0 spiro atoms. The van der Waals surface area contributed by atoms with Crippen LogP contribution in [0.1, 0.15) is 37.9 Å². The summed E-state index contributed by atoms with van der Waals surface area (Å²) in [5, 5.41) is 1.65. The topological polar surface area (TPSA) is 58.7 Å². The molecule has 2 aliphatic rings. The highest BCUT2D eigenvalue weighted by Crippen LogP contribution is 2.39. The summed E-state index contributed by atoms with van der Waals surface area (Å²) in [6.07, 6.45) is 10.7. The molecule has 1 aliphatic heterocycles. The second kappa shape index (κ2) is 9.75. The number of carbonyl (C=O) groups excluding carboxylic acids is 1. The Bertz CT molecular complexity index is 1230. The summed E-state index contributed by atoms with van der Waals surface area (Å²) in [5.74, 6) is 1.23. The first-order valence-corrected chi connectivity index (χ1v) is 12.4. The van der Waals surface area contributed by atoms with Gasteiger partial charge in [0, 0.05) is 23.9 Å². The molecule has 8 heteroatoms. The standard InChI is InChI=1S/C25H21Cl2N3O2S/c26-20-10-8-16(13-21(20)27)22-11-9-19(32-22)14-23-24(31)30(18-6-2-1-3-7-18)25(33-23)29-17-5-4-12-28-15-17/h4-5,8-15,18H,1-3,6-7H2/b23-14+,29-25?. The number of pyridine rings is 1. The molecule has 3 aromatic rings. The van der Waals surface area contributed by atoms with E-state index in [0.717, 1.165) is 36.9 Å². The lowest BCUT2D eigenvalue weighted by molar-refractivity contribution is -0.124. The number of halogens is 2. The van der Waals surface area contributed by atoms with Gasteiger partial charge >= 0.3 is 0 Å². The summed E-state index contributed by atoms with van der Waals surface area (Å²) in [5.41, 5.74) is 1.55. The molecular weight excluding hydrogens is 477 g/mol. The van der Waals surface area contributed by atoms with Gasteiger partial charge in [0.25, 0.3) is 5.91 Å². The third kappa shape index (κ3) is 4.88. The molecule has 168 valence electrons. The first-order chi connectivity index (χ1) is 16.1. The van der Waals surface area contributed by atoms with Crippen LogP contribution in [0.5, 0.6) is 0 Å². The Morgan fingerprint density at radius 3 is 2.70 bits per heavy atom. The molecule has 3 heterocycles. The molecule has 33 heavy (non-hydrogen) atoms. The Morgan fingerprint density at radius 2 is 1.94 bits per heavy atom. The lowest BCUT2D eigenvalue weighted by atomic mass is 9.94. The minimum atomic E-state index is -0.0259. The zero-order chi connectivity index (χ0) is 22.8. The van der Waals surface area contributed by atoms with Gasteiger partial charge in [0.2, 0.25) is 0 Å². The normalized spacial score (nSPS) is 19.7. The van der Waals surface area contributed by atoms with Crippen molar-refractivity contribution in [3.63, 3.8) is 0 Å². The van der Waals surface area contributed by atoms with Crippen LogP contribution in [0.4, 0.5) is 5.69 Å². The number of benzene rings is 1. The Kier molecular flexibility index (Phi) is 6.58. The van der Waals surface area contributed by atoms with E-state index < -0.39 is 0 Å². The van der Waals surface area contributed by atoms with Crippen LogP contribution in [0.25, 0.3) is 17.4 Å². The van der Waals surface area contributed by atoms with Crippen molar-refractivity contribution >= 4 is 57.8 Å². The lowest BCUT2D eigenvalue weighted by Crippen LogP contribution is -2.40. The van der Waals surface area contributed by atoms with Crippen LogP contribution in [0.3, 0.4) is 0 Å². The van der Waals surface area contributed by atoms with Crippen LogP contribution < -0.4 is 0 Å². The minimum absolute atomic E-state index is 0.0259. The van der Waals surface area contributed by atoms with Crippen LogP contribution in [0.15, 0.2) is 69.2 Å². The zero-order valence-electron chi connectivity index (χ0n) is 17.7. The van der Waals surface area contributed by atoms with Gasteiger partial charge in [-0.2, -0.15) is 0 Å². The molecule has 1 aliphatic carbocycles. The Balaban J connectivity index is 1.45. The van der Waals surface area contributed by atoms with Crippen molar-refractivity contribution in [2.75, 3.05) is 0 Å². The van der Waals surface area contributed by atoms with Crippen LogP contribution >= 0.6 is 35.0 Å². The van der Waals surface area contributed by atoms with Crippen LogP contribution in [0, 0.1) is 0 Å². The van der Waals surface area contributed by atoms with Crippen molar-refractivity contribution in [3.8, 4) is 11.3 Å². The number of carbonyl (C=O) groups is 1. The van der Waals surface area contributed by atoms with Gasteiger partial charge in [0.1, 0.15) is 11.5 Å². The van der Waals surface area contributed by atoms with E-state index >= 15 is 0 Å². The van der Waals surface area contributed by atoms with Gasteiger partial charge < -0.3 is 4.42 Å². The molecule has 5 nitrogen and oxygen atoms in total. The second-order valence-corrected chi connectivity index (χ2v) is 9.84. The maximum Gasteiger partial charge on any atom is 0.267 e. The van der Waals surface area contributed by atoms with Crippen LogP contribution in [-0.2, 0) is 4.79 Å².